The van der Waals surface area contributed by atoms with Crippen LogP contribution in [0.3, 0.4) is 0 Å². The maximum absolute atomic E-state index is 12.3. The third-order valence-electron chi connectivity index (χ3n) is 2.31. The zero-order chi connectivity index (χ0) is 13.0. The number of halogens is 2. The van der Waals surface area contributed by atoms with Crippen LogP contribution in [-0.4, -0.2) is 23.9 Å². The number of carbonyl (C=O) groups excluding carboxylic acids is 1. The second-order valence-electron chi connectivity index (χ2n) is 3.88. The highest BCUT2D eigenvalue weighted by molar-refractivity contribution is 9.10. The Balaban J connectivity index is 3.02. The fourth-order valence-electron chi connectivity index (χ4n) is 1.49. The smallest absolute Gasteiger partial charge is 0.255 e. The van der Waals surface area contributed by atoms with Crippen molar-refractivity contribution in [3.8, 4) is 0 Å². The quantitative estimate of drug-likeness (QED) is 0.765. The molecule has 0 radical (unpaired) electrons. The zero-order valence-corrected chi connectivity index (χ0v) is 12.3. The number of amides is 1. The van der Waals surface area contributed by atoms with E-state index in [0.29, 0.717) is 23.7 Å². The van der Waals surface area contributed by atoms with Gasteiger partial charge in [-0.25, -0.2) is 0 Å². The van der Waals surface area contributed by atoms with E-state index >= 15 is 0 Å². The summed E-state index contributed by atoms with van der Waals surface area (Å²) >= 11 is 9.42. The predicted molar refractivity (Wildman–Crippen MR) is 75.5 cm³/mol. The van der Waals surface area contributed by atoms with Crippen LogP contribution in [0, 0.1) is 0 Å². The van der Waals surface area contributed by atoms with Crippen LogP contribution in [0.2, 0.25) is 5.02 Å². The van der Waals surface area contributed by atoms with Crippen LogP contribution in [0.5, 0.6) is 0 Å². The molecule has 0 saturated heterocycles. The van der Waals surface area contributed by atoms with Crippen molar-refractivity contribution in [2.45, 2.75) is 13.8 Å². The van der Waals surface area contributed by atoms with Gasteiger partial charge in [0.15, 0.2) is 0 Å². The van der Waals surface area contributed by atoms with Gasteiger partial charge >= 0.3 is 0 Å². The maximum Gasteiger partial charge on any atom is 0.255 e. The summed E-state index contributed by atoms with van der Waals surface area (Å²) in [5.74, 6) is -0.0678. The highest BCUT2D eigenvalue weighted by Gasteiger charge is 2.18. The molecule has 0 N–H and O–H groups in total. The minimum atomic E-state index is -0.0678. The van der Waals surface area contributed by atoms with Crippen LogP contribution in [0.4, 0.5) is 0 Å². The molecule has 0 bridgehead atoms. The van der Waals surface area contributed by atoms with Crippen molar-refractivity contribution < 1.29 is 4.79 Å². The van der Waals surface area contributed by atoms with E-state index in [1.807, 2.05) is 19.9 Å². The predicted octanol–water partition coefficient (Wildman–Crippen LogP) is 4.14. The van der Waals surface area contributed by atoms with E-state index in [9.17, 15) is 4.79 Å². The first-order valence-corrected chi connectivity index (χ1v) is 6.52. The van der Waals surface area contributed by atoms with E-state index in [2.05, 4.69) is 22.5 Å². The van der Waals surface area contributed by atoms with Gasteiger partial charge in [0.05, 0.1) is 10.6 Å². The lowest BCUT2D eigenvalue weighted by molar-refractivity contribution is 0.0778. The average Bonchev–Trinajstić information content (AvgIpc) is 2.28. The largest absolute Gasteiger partial charge is 0.335 e. The third-order valence-corrected chi connectivity index (χ3v) is 3.61. The molecule has 17 heavy (non-hydrogen) atoms. The molecule has 0 aliphatic rings. The highest BCUT2D eigenvalue weighted by atomic mass is 79.9. The first kappa shape index (κ1) is 14.3. The fraction of sp³-hybridized carbons (Fsp3) is 0.308. The van der Waals surface area contributed by atoms with Crippen molar-refractivity contribution in [1.82, 2.24) is 4.90 Å². The second kappa shape index (κ2) is 6.22. The van der Waals surface area contributed by atoms with Crippen molar-refractivity contribution in [2.24, 2.45) is 0 Å². The van der Waals surface area contributed by atoms with E-state index in [-0.39, 0.29) is 5.91 Å². The average molecular weight is 317 g/mol. The fourth-order valence-corrected chi connectivity index (χ4v) is 2.07. The van der Waals surface area contributed by atoms with Gasteiger partial charge in [-0.05, 0) is 41.9 Å². The number of carbonyl (C=O) groups is 1. The molecule has 1 rings (SSSR count). The monoisotopic (exact) mass is 315 g/mol. The van der Waals surface area contributed by atoms with Crippen molar-refractivity contribution in [3.05, 3.63) is 45.4 Å². The third kappa shape index (κ3) is 3.58. The van der Waals surface area contributed by atoms with Crippen molar-refractivity contribution >= 4 is 33.4 Å². The van der Waals surface area contributed by atoms with Crippen LogP contribution in [0.15, 0.2) is 34.8 Å². The van der Waals surface area contributed by atoms with E-state index < -0.39 is 0 Å². The molecule has 4 heteroatoms. The van der Waals surface area contributed by atoms with E-state index in [4.69, 9.17) is 11.6 Å². The molecule has 1 aromatic carbocycles. The zero-order valence-electron chi connectivity index (χ0n) is 9.96. The lowest BCUT2D eigenvalue weighted by Crippen LogP contribution is -2.32. The highest BCUT2D eigenvalue weighted by Crippen LogP contribution is 2.27. The Morgan fingerprint density at radius 1 is 1.53 bits per heavy atom. The van der Waals surface area contributed by atoms with Gasteiger partial charge in [-0.1, -0.05) is 29.8 Å². The summed E-state index contributed by atoms with van der Waals surface area (Å²) in [6.45, 7) is 8.85. The lowest BCUT2D eigenvalue weighted by atomic mass is 10.2. The summed E-state index contributed by atoms with van der Waals surface area (Å²) in [7, 11) is 0. The van der Waals surface area contributed by atoms with Gasteiger partial charge in [0, 0.05) is 17.6 Å². The van der Waals surface area contributed by atoms with Crippen LogP contribution in [-0.2, 0) is 0 Å². The summed E-state index contributed by atoms with van der Waals surface area (Å²) in [6.07, 6.45) is 0. The Kier molecular flexibility index (Phi) is 5.22. The first-order valence-electron chi connectivity index (χ1n) is 5.35. The van der Waals surface area contributed by atoms with Gasteiger partial charge in [0.1, 0.15) is 0 Å². The van der Waals surface area contributed by atoms with Gasteiger partial charge in [-0.3, -0.25) is 4.79 Å². The Hall–Kier alpha value is -0.800. The number of rotatable bonds is 4. The van der Waals surface area contributed by atoms with Gasteiger partial charge in [-0.2, -0.15) is 0 Å². The molecule has 0 aromatic heterocycles. The minimum Gasteiger partial charge on any atom is -0.335 e. The van der Waals surface area contributed by atoms with E-state index in [0.717, 1.165) is 10.0 Å². The Bertz CT molecular complexity index is 445. The number of likely N-dealkylation sites (N-methyl/N-ethyl adjacent to an activating group) is 1. The maximum atomic E-state index is 12.3. The molecular formula is C13H15BrClNO. The molecular weight excluding hydrogens is 302 g/mol. The molecule has 2 nitrogen and oxygen atoms in total. The molecule has 92 valence electrons. The molecule has 0 spiro atoms. The number of hydrogen-bond donors (Lipinski definition) is 0. The molecule has 0 unspecified atom stereocenters. The van der Waals surface area contributed by atoms with Crippen molar-refractivity contribution in [2.75, 3.05) is 13.1 Å². The second-order valence-corrected chi connectivity index (χ2v) is 5.11. The Morgan fingerprint density at radius 2 is 2.18 bits per heavy atom. The van der Waals surface area contributed by atoms with E-state index in [1.165, 1.54) is 0 Å². The topological polar surface area (TPSA) is 20.3 Å². The minimum absolute atomic E-state index is 0.0678. The standard InChI is InChI=1S/C13H15BrClNO/c1-4-16(8-9(2)3)13(17)10-6-5-7-11(14)12(10)15/h5-7H,2,4,8H2,1,3H3. The number of nitrogens with zero attached hydrogens (tertiary/aromatic N) is 1. The van der Waals surface area contributed by atoms with Gasteiger partial charge in [-0.15, -0.1) is 0 Å². The molecule has 1 aromatic rings. The summed E-state index contributed by atoms with van der Waals surface area (Å²) in [4.78, 5) is 14.0. The molecule has 0 fully saturated rings. The summed E-state index contributed by atoms with van der Waals surface area (Å²) in [5.41, 5.74) is 1.47. The normalized spacial score (nSPS) is 10.1. The Labute approximate surface area is 115 Å². The van der Waals surface area contributed by atoms with Gasteiger partial charge < -0.3 is 4.90 Å². The lowest BCUT2D eigenvalue weighted by Gasteiger charge is -2.21. The summed E-state index contributed by atoms with van der Waals surface area (Å²) < 4.78 is 0.733. The molecule has 0 atom stereocenters. The number of hydrogen-bond acceptors (Lipinski definition) is 1. The SMILES string of the molecule is C=C(C)CN(CC)C(=O)c1cccc(Br)c1Cl. The summed E-state index contributed by atoms with van der Waals surface area (Å²) in [6, 6.07) is 5.35. The molecule has 1 amide bonds. The van der Waals surface area contributed by atoms with E-state index in [1.54, 1.807) is 17.0 Å². The Morgan fingerprint density at radius 3 is 2.71 bits per heavy atom. The summed E-state index contributed by atoms with van der Waals surface area (Å²) in [5, 5.41) is 0.456. The van der Waals surface area contributed by atoms with Gasteiger partial charge in [0.25, 0.3) is 5.91 Å². The van der Waals surface area contributed by atoms with Crippen molar-refractivity contribution in [1.29, 1.82) is 0 Å². The molecule has 0 aliphatic carbocycles. The van der Waals surface area contributed by atoms with Gasteiger partial charge in [0.2, 0.25) is 0 Å². The van der Waals surface area contributed by atoms with Crippen LogP contribution < -0.4 is 0 Å². The van der Waals surface area contributed by atoms with Crippen LogP contribution in [0.1, 0.15) is 24.2 Å². The molecule has 0 aliphatic heterocycles. The number of benzene rings is 1. The van der Waals surface area contributed by atoms with Crippen LogP contribution in [0.25, 0.3) is 0 Å². The van der Waals surface area contributed by atoms with Crippen molar-refractivity contribution in [3.63, 3.8) is 0 Å². The first-order chi connectivity index (χ1) is 7.97. The van der Waals surface area contributed by atoms with Crippen LogP contribution >= 0.6 is 27.5 Å². The molecule has 0 saturated carbocycles. The molecule has 0 heterocycles.